The van der Waals surface area contributed by atoms with Gasteiger partial charge < -0.3 is 52.2 Å². The van der Waals surface area contributed by atoms with Crippen LogP contribution in [-0.4, -0.2) is 93.6 Å². The maximum Gasteiger partial charge on any atom is 1.00 e. The van der Waals surface area contributed by atoms with Gasteiger partial charge in [0.1, 0.15) is 39.9 Å². The van der Waals surface area contributed by atoms with Crippen molar-refractivity contribution in [1.82, 2.24) is 29.1 Å². The molecule has 6 rings (SSSR count). The molecule has 0 amide bonds. The average Bonchev–Trinajstić information content (AvgIpc) is 3.71. The van der Waals surface area contributed by atoms with E-state index in [2.05, 4.69) is 24.8 Å². The molecule has 2 aliphatic heterocycles. The van der Waals surface area contributed by atoms with Crippen molar-refractivity contribution in [2.75, 3.05) is 18.9 Å². The maximum absolute atomic E-state index is 12.1. The van der Waals surface area contributed by atoms with E-state index in [1.165, 1.54) is 9.13 Å². The summed E-state index contributed by atoms with van der Waals surface area (Å²) in [6, 6.07) is 0. The van der Waals surface area contributed by atoms with Crippen LogP contribution in [0.25, 0.3) is 20.7 Å². The van der Waals surface area contributed by atoms with E-state index in [0.717, 1.165) is 22.7 Å². The third-order valence-electron chi connectivity index (χ3n) is 6.47. The zero-order valence-electron chi connectivity index (χ0n) is 25.5. The topological polar surface area (TPSA) is 310 Å². The maximum atomic E-state index is 12.1. The normalized spacial score (nSPS) is 23.4. The molecule has 0 aliphatic carbocycles. The first-order valence-electron chi connectivity index (χ1n) is 12.6. The molecule has 6 heterocycles. The molecule has 4 aromatic rings. The molecular weight excluding hydrogens is 713 g/mol. The summed E-state index contributed by atoms with van der Waals surface area (Å²) in [6.07, 6.45) is -4.43. The number of hydrogen-bond acceptors (Lipinski definition) is 18. The van der Waals surface area contributed by atoms with E-state index in [9.17, 15) is 29.4 Å². The molecule has 4 aromatic heterocycles. The molecule has 0 bridgehead atoms. The van der Waals surface area contributed by atoms with Crippen LogP contribution < -0.4 is 135 Å². The van der Waals surface area contributed by atoms with Crippen LogP contribution in [0.4, 0.5) is 5.95 Å². The number of fused-ring (bicyclic) bond motifs is 2. The molecule has 2 fully saturated rings. The Balaban J connectivity index is 0.000000399. The Kier molecular flexibility index (Phi) is 16.6. The number of H-pyrrole nitrogens is 2. The molecule has 2 aliphatic rings. The second-order valence-electron chi connectivity index (χ2n) is 9.31. The van der Waals surface area contributed by atoms with Gasteiger partial charge in [-0.05, 0) is 6.92 Å². The van der Waals surface area contributed by atoms with E-state index in [1.807, 2.05) is 0 Å². The predicted octanol–water partition coefficient (Wildman–Crippen LogP) is -9.98. The summed E-state index contributed by atoms with van der Waals surface area (Å²) in [7, 11) is 0. The van der Waals surface area contributed by atoms with Gasteiger partial charge in [0.2, 0.25) is 5.95 Å². The van der Waals surface area contributed by atoms with Crippen molar-refractivity contribution in [3.8, 4) is 0 Å². The minimum Gasteiger partial charge on any atom is -1.00 e. The Hall–Kier alpha value is -0.597. The van der Waals surface area contributed by atoms with Crippen LogP contribution in [0.2, 0.25) is 0 Å². The molecule has 242 valence electrons. The van der Waals surface area contributed by atoms with E-state index >= 15 is 0 Å². The van der Waals surface area contributed by atoms with Crippen molar-refractivity contribution in [1.29, 1.82) is 0 Å². The number of aromatic nitrogens is 6. The number of nitrogen functional groups attached to an aromatic ring is 1. The second kappa shape index (κ2) is 18.4. The number of ether oxygens (including phenoxy) is 2. The smallest absolute Gasteiger partial charge is 1.00 e. The Labute approximate surface area is 350 Å². The summed E-state index contributed by atoms with van der Waals surface area (Å²) in [5.74, 6) is 0.289. The van der Waals surface area contributed by atoms with Crippen molar-refractivity contribution < 1.29 is 149 Å². The second-order valence-corrected chi connectivity index (χ2v) is 11.2. The van der Waals surface area contributed by atoms with Gasteiger partial charge >= 0.3 is 113 Å². The number of nitrogens with zero attached hydrogens (tertiary/aromatic N) is 4. The number of nitrogens with one attached hydrogen (secondary N) is 2. The summed E-state index contributed by atoms with van der Waals surface area (Å²) < 4.78 is 13.7. The number of nitrogens with two attached hydrogens (primary N) is 1. The van der Waals surface area contributed by atoms with Gasteiger partial charge in [0.05, 0.1) is 25.4 Å². The van der Waals surface area contributed by atoms with Gasteiger partial charge in [-0.15, -0.1) is 0 Å². The molecule has 0 spiro atoms. The fraction of sp³-hybridized carbons (Fsp3) is 0.500. The number of hydrogen-bond donors (Lipinski definition) is 7. The zero-order valence-corrected chi connectivity index (χ0v) is 32.4. The van der Waals surface area contributed by atoms with Crippen LogP contribution in [0.5, 0.6) is 0 Å². The van der Waals surface area contributed by atoms with Gasteiger partial charge in [0, 0.05) is 12.8 Å². The number of rotatable bonds is 5. The Morgan fingerprint density at radius 3 is 1.74 bits per heavy atom. The number of anilines is 1. The zero-order chi connectivity index (χ0) is 32.3. The van der Waals surface area contributed by atoms with Gasteiger partial charge in [-0.25, -0.2) is 4.98 Å². The molecule has 0 saturated carbocycles. The predicted molar refractivity (Wildman–Crippen MR) is 150 cm³/mol. The summed E-state index contributed by atoms with van der Waals surface area (Å²) in [5, 5.41) is 46.0. The fourth-order valence-electron chi connectivity index (χ4n) is 4.57. The van der Waals surface area contributed by atoms with Crippen LogP contribution in [0.3, 0.4) is 0 Å². The van der Waals surface area contributed by atoms with Crippen molar-refractivity contribution >= 4 is 55.8 Å². The number of aryl methyl sites for hydroxylation is 1. The summed E-state index contributed by atoms with van der Waals surface area (Å²) >= 11 is 1.52. The summed E-state index contributed by atoms with van der Waals surface area (Å²) in [4.78, 5) is 71.0. The third kappa shape index (κ3) is 9.14. The first kappa shape index (κ1) is 41.6. The molecule has 0 aromatic carbocycles. The number of thiazole rings is 2. The monoisotopic (exact) mass is 739 g/mol. The molecule has 46 heavy (non-hydrogen) atoms. The molecule has 2 unspecified atom stereocenters. The Bertz CT molecular complexity index is 1750. The molecule has 2 saturated heterocycles. The first-order chi connectivity index (χ1) is 20.9. The fourth-order valence-corrected chi connectivity index (χ4v) is 6.28. The minimum atomic E-state index is -0.883. The van der Waals surface area contributed by atoms with Crippen LogP contribution in [0, 0.1) is 6.92 Å². The van der Waals surface area contributed by atoms with Crippen molar-refractivity contribution in [2.45, 2.75) is 56.6 Å². The molecule has 20 nitrogen and oxygen atoms in total. The van der Waals surface area contributed by atoms with E-state index in [1.54, 1.807) is 6.92 Å². The largest absolute Gasteiger partial charge is 1.00 e. The summed E-state index contributed by atoms with van der Waals surface area (Å²) in [6.45, 7) is 0.750. The van der Waals surface area contributed by atoms with Crippen LogP contribution in [-0.2, 0) is 19.2 Å². The Morgan fingerprint density at radius 2 is 1.35 bits per heavy atom. The SMILES string of the molecule is Cc1nc2c(sc(=O)n2C2C[C@H](O)[C@@H](CO)O2)c(=O)[nH]1.Nc1nc2c(sc(=O)n2C2C[C@H](O)[C@@H](CO)O2)c(=O)[nH]1.O=CO[O-].[H-].[K+].[K+]. The van der Waals surface area contributed by atoms with Gasteiger partial charge in [0.15, 0.2) is 11.3 Å². The number of aromatic amines is 2. The van der Waals surface area contributed by atoms with Crippen LogP contribution in [0.15, 0.2) is 19.2 Å². The van der Waals surface area contributed by atoms with E-state index in [-0.39, 0.29) is 174 Å². The van der Waals surface area contributed by atoms with Gasteiger partial charge in [0.25, 0.3) is 17.6 Å². The van der Waals surface area contributed by atoms with Crippen molar-refractivity contribution in [3.63, 3.8) is 0 Å². The van der Waals surface area contributed by atoms with Gasteiger partial charge in [-0.2, -0.15) is 4.98 Å². The van der Waals surface area contributed by atoms with Crippen molar-refractivity contribution in [2.24, 2.45) is 0 Å². The van der Waals surface area contributed by atoms with Crippen molar-refractivity contribution in [3.05, 3.63) is 45.9 Å². The molecule has 0 radical (unpaired) electrons. The number of carbonyl (C=O) groups is 1. The van der Waals surface area contributed by atoms with E-state index in [4.69, 9.17) is 35.5 Å². The number of aliphatic hydroxyl groups is 4. The van der Waals surface area contributed by atoms with E-state index in [0.29, 0.717) is 5.82 Å². The molecular formula is C22H27K2N7O13S2. The molecule has 8 N–H and O–H groups in total. The molecule has 24 heteroatoms. The third-order valence-corrected chi connectivity index (χ3v) is 8.35. The van der Waals surface area contributed by atoms with Gasteiger partial charge in [-0.3, -0.25) is 38.1 Å². The quantitative estimate of drug-likeness (QED) is 0.0433. The molecule has 6 atom stereocenters. The number of carbonyl (C=O) groups excluding carboxylic acids is 1. The number of aliphatic hydroxyl groups excluding tert-OH is 4. The van der Waals surface area contributed by atoms with Crippen LogP contribution >= 0.6 is 22.7 Å². The van der Waals surface area contributed by atoms with Crippen LogP contribution in [0.1, 0.15) is 32.5 Å². The Morgan fingerprint density at radius 1 is 0.935 bits per heavy atom. The average molecular weight is 740 g/mol. The van der Waals surface area contributed by atoms with E-state index < -0.39 is 47.3 Å². The standard InChI is InChI=1S/C11H13N3O5S.C10H12N4O5S.CH2O3.2K.H/c1-4-12-9-8(10(17)13-4)20-11(18)14(9)7-2-5(16)6(3-15)19-7;11-9-12-7-6(8(17)13-9)20-10(18)14(7)5-1-3(16)4(2-15)19-5;2-1-4-3;;;/h5-7,15-16H,2-3H2,1H3,(H,12,13,17);3-5,15-16H,1-2H2,(H3,11,12,13,17);1,3H;;;/q;;;2*+1;-1/p-1/t5-,6+,7?;3-,4+,5?;;;;/m00..../s1. The minimum absolute atomic E-state index is 0. The summed E-state index contributed by atoms with van der Waals surface area (Å²) in [5.41, 5.74) is 4.98. The van der Waals surface area contributed by atoms with Gasteiger partial charge in [-0.1, -0.05) is 22.7 Å². The first-order valence-corrected chi connectivity index (χ1v) is 14.2.